The summed E-state index contributed by atoms with van der Waals surface area (Å²) >= 11 is 0. The van der Waals surface area contributed by atoms with Crippen LogP contribution in [0, 0.1) is 6.92 Å². The summed E-state index contributed by atoms with van der Waals surface area (Å²) in [5.41, 5.74) is 2.42. The zero-order valence-corrected chi connectivity index (χ0v) is 16.9. The fraction of sp³-hybridized carbons (Fsp3) is 0.125. The molecule has 0 unspecified atom stereocenters. The first-order valence-electron chi connectivity index (χ1n) is 9.77. The van der Waals surface area contributed by atoms with Crippen LogP contribution in [-0.2, 0) is 6.54 Å². The molecule has 1 amide bonds. The molecule has 7 heteroatoms. The van der Waals surface area contributed by atoms with Crippen molar-refractivity contribution in [2.75, 3.05) is 6.61 Å². The molecule has 0 bridgehead atoms. The van der Waals surface area contributed by atoms with E-state index in [4.69, 9.17) is 4.74 Å². The molecular formula is C24H21N3O4. The number of aromatic nitrogens is 1. The Kier molecular flexibility index (Phi) is 5.66. The number of rotatable bonds is 6. The molecule has 0 aliphatic heterocycles. The molecule has 0 atom stereocenters. The van der Waals surface area contributed by atoms with Gasteiger partial charge in [-0.15, -0.1) is 10.2 Å². The molecule has 0 aliphatic rings. The van der Waals surface area contributed by atoms with Crippen LogP contribution in [0.25, 0.3) is 10.9 Å². The summed E-state index contributed by atoms with van der Waals surface area (Å²) in [5, 5.41) is 28.6. The topological polar surface area (TPSA) is 96.4 Å². The van der Waals surface area contributed by atoms with Gasteiger partial charge in [-0.05, 0) is 49.4 Å². The lowest BCUT2D eigenvalue weighted by Gasteiger charge is -2.09. The van der Waals surface area contributed by atoms with Gasteiger partial charge in [-0.2, -0.15) is 0 Å². The van der Waals surface area contributed by atoms with Crippen LogP contribution in [0.1, 0.15) is 15.9 Å². The molecular weight excluding hydrogens is 394 g/mol. The predicted octanol–water partition coefficient (Wildman–Crippen LogP) is 5.36. The SMILES string of the molecule is Cc1ccc(OCCn2c(O)c(N=NC(=O)c3ccc(O)cc3)c3ccccc32)cc1. The summed E-state index contributed by atoms with van der Waals surface area (Å²) < 4.78 is 7.47. The predicted molar refractivity (Wildman–Crippen MR) is 117 cm³/mol. The molecule has 0 saturated carbocycles. The monoisotopic (exact) mass is 415 g/mol. The fourth-order valence-corrected chi connectivity index (χ4v) is 3.24. The van der Waals surface area contributed by atoms with E-state index in [2.05, 4.69) is 10.2 Å². The molecule has 31 heavy (non-hydrogen) atoms. The van der Waals surface area contributed by atoms with E-state index in [1.807, 2.05) is 55.5 Å². The fourth-order valence-electron chi connectivity index (χ4n) is 3.24. The minimum Gasteiger partial charge on any atom is -0.508 e. The number of hydrogen-bond donors (Lipinski definition) is 2. The zero-order chi connectivity index (χ0) is 21.8. The summed E-state index contributed by atoms with van der Waals surface area (Å²) in [6.07, 6.45) is 0. The van der Waals surface area contributed by atoms with Crippen molar-refractivity contribution in [2.45, 2.75) is 13.5 Å². The smallest absolute Gasteiger partial charge is 0.295 e. The van der Waals surface area contributed by atoms with E-state index in [9.17, 15) is 15.0 Å². The maximum absolute atomic E-state index is 12.3. The number of aromatic hydroxyl groups is 2. The molecule has 0 aliphatic carbocycles. The molecule has 3 aromatic carbocycles. The highest BCUT2D eigenvalue weighted by Crippen LogP contribution is 2.38. The van der Waals surface area contributed by atoms with Gasteiger partial charge in [0.2, 0.25) is 5.88 Å². The summed E-state index contributed by atoms with van der Waals surface area (Å²) in [6, 6.07) is 20.8. The highest BCUT2D eigenvalue weighted by Gasteiger charge is 2.17. The van der Waals surface area contributed by atoms with Crippen LogP contribution in [0.4, 0.5) is 5.69 Å². The molecule has 0 radical (unpaired) electrons. The van der Waals surface area contributed by atoms with Gasteiger partial charge in [-0.1, -0.05) is 35.9 Å². The standard InChI is InChI=1S/C24H21N3O4/c1-16-6-12-19(13-7-16)31-15-14-27-21-5-3-2-4-20(21)22(24(27)30)25-26-23(29)17-8-10-18(28)11-9-17/h2-13,28,30H,14-15H2,1H3. The van der Waals surface area contributed by atoms with E-state index in [-0.39, 0.29) is 22.9 Å². The molecule has 4 aromatic rings. The molecule has 0 spiro atoms. The van der Waals surface area contributed by atoms with Gasteiger partial charge in [0.1, 0.15) is 18.1 Å². The van der Waals surface area contributed by atoms with Crippen molar-refractivity contribution in [3.05, 3.63) is 83.9 Å². The van der Waals surface area contributed by atoms with E-state index in [1.54, 1.807) is 4.57 Å². The van der Waals surface area contributed by atoms with Gasteiger partial charge in [0.15, 0.2) is 5.69 Å². The molecule has 156 valence electrons. The Morgan fingerprint density at radius 1 is 0.968 bits per heavy atom. The third-order valence-electron chi connectivity index (χ3n) is 4.88. The summed E-state index contributed by atoms with van der Waals surface area (Å²) in [6.45, 7) is 2.75. The number of azo groups is 1. The van der Waals surface area contributed by atoms with Crippen molar-refractivity contribution in [2.24, 2.45) is 10.2 Å². The van der Waals surface area contributed by atoms with E-state index in [1.165, 1.54) is 24.3 Å². The molecule has 1 heterocycles. The van der Waals surface area contributed by atoms with Gasteiger partial charge in [0.25, 0.3) is 5.91 Å². The zero-order valence-electron chi connectivity index (χ0n) is 16.9. The third-order valence-corrected chi connectivity index (χ3v) is 4.88. The normalized spacial score (nSPS) is 11.3. The number of nitrogens with zero attached hydrogens (tertiary/aromatic N) is 3. The number of amides is 1. The minimum atomic E-state index is -0.570. The Morgan fingerprint density at radius 2 is 1.68 bits per heavy atom. The number of carbonyl (C=O) groups excluding carboxylic acids is 1. The first-order chi connectivity index (χ1) is 15.0. The van der Waals surface area contributed by atoms with Crippen molar-refractivity contribution < 1.29 is 19.7 Å². The van der Waals surface area contributed by atoms with E-state index in [0.717, 1.165) is 16.8 Å². The third kappa shape index (κ3) is 4.40. The van der Waals surface area contributed by atoms with E-state index in [0.29, 0.717) is 18.5 Å². The Hall–Kier alpha value is -4.13. The number of fused-ring (bicyclic) bond motifs is 1. The van der Waals surface area contributed by atoms with Gasteiger partial charge >= 0.3 is 0 Å². The quantitative estimate of drug-likeness (QED) is 0.414. The highest BCUT2D eigenvalue weighted by atomic mass is 16.5. The molecule has 4 rings (SSSR count). The summed E-state index contributed by atoms with van der Waals surface area (Å²) in [7, 11) is 0. The molecule has 7 nitrogen and oxygen atoms in total. The number of aryl methyl sites for hydroxylation is 1. The van der Waals surface area contributed by atoms with Gasteiger partial charge in [-0.25, -0.2) is 0 Å². The number of phenolic OH excluding ortho intramolecular Hbond substituents is 1. The highest BCUT2D eigenvalue weighted by molar-refractivity contribution is 5.97. The molecule has 0 fully saturated rings. The summed E-state index contributed by atoms with van der Waals surface area (Å²) in [4.78, 5) is 12.3. The van der Waals surface area contributed by atoms with Crippen molar-refractivity contribution in [1.82, 2.24) is 4.57 Å². The van der Waals surface area contributed by atoms with Crippen LogP contribution in [0.5, 0.6) is 17.4 Å². The Balaban J connectivity index is 1.56. The van der Waals surface area contributed by atoms with Gasteiger partial charge in [-0.3, -0.25) is 4.79 Å². The van der Waals surface area contributed by atoms with Gasteiger partial charge < -0.3 is 19.5 Å². The number of hydrogen-bond acceptors (Lipinski definition) is 5. The van der Waals surface area contributed by atoms with Crippen LogP contribution in [0.15, 0.2) is 83.0 Å². The largest absolute Gasteiger partial charge is 0.508 e. The second-order valence-corrected chi connectivity index (χ2v) is 7.05. The number of benzene rings is 3. The van der Waals surface area contributed by atoms with E-state index < -0.39 is 5.91 Å². The number of phenols is 1. The van der Waals surface area contributed by atoms with Crippen LogP contribution in [-0.4, -0.2) is 27.3 Å². The molecule has 2 N–H and O–H groups in total. The van der Waals surface area contributed by atoms with E-state index >= 15 is 0 Å². The number of ether oxygens (including phenoxy) is 1. The van der Waals surface area contributed by atoms with Crippen LogP contribution in [0.3, 0.4) is 0 Å². The Morgan fingerprint density at radius 3 is 2.42 bits per heavy atom. The Bertz CT molecular complexity index is 1240. The first-order valence-corrected chi connectivity index (χ1v) is 9.77. The lowest BCUT2D eigenvalue weighted by Crippen LogP contribution is -2.07. The van der Waals surface area contributed by atoms with Crippen molar-refractivity contribution >= 4 is 22.5 Å². The number of carbonyl (C=O) groups is 1. The van der Waals surface area contributed by atoms with Crippen LogP contribution >= 0.6 is 0 Å². The second kappa shape index (κ2) is 8.71. The average Bonchev–Trinajstić information content (AvgIpc) is 3.05. The van der Waals surface area contributed by atoms with Crippen LogP contribution < -0.4 is 4.74 Å². The lowest BCUT2D eigenvalue weighted by molar-refractivity contribution is 0.0995. The van der Waals surface area contributed by atoms with Gasteiger partial charge in [0.05, 0.1) is 12.1 Å². The maximum atomic E-state index is 12.3. The maximum Gasteiger partial charge on any atom is 0.295 e. The number of para-hydroxylation sites is 1. The average molecular weight is 415 g/mol. The Labute approximate surface area is 178 Å². The van der Waals surface area contributed by atoms with Crippen molar-refractivity contribution in [3.8, 4) is 17.4 Å². The lowest BCUT2D eigenvalue weighted by atomic mass is 10.2. The molecule has 1 aromatic heterocycles. The first kappa shape index (κ1) is 20.2. The minimum absolute atomic E-state index is 0.0575. The van der Waals surface area contributed by atoms with Gasteiger partial charge in [0, 0.05) is 10.9 Å². The second-order valence-electron chi connectivity index (χ2n) is 7.05. The van der Waals surface area contributed by atoms with Crippen molar-refractivity contribution in [1.29, 1.82) is 0 Å². The molecule has 0 saturated heterocycles. The summed E-state index contributed by atoms with van der Waals surface area (Å²) in [5.74, 6) is 0.151. The van der Waals surface area contributed by atoms with Crippen molar-refractivity contribution in [3.63, 3.8) is 0 Å². The van der Waals surface area contributed by atoms with Crippen LogP contribution in [0.2, 0.25) is 0 Å².